The van der Waals surface area contributed by atoms with Gasteiger partial charge in [-0.15, -0.1) is 0 Å². The molecule has 7 nitrogen and oxygen atoms in total. The number of esters is 2. The summed E-state index contributed by atoms with van der Waals surface area (Å²) in [5, 5.41) is 0. The van der Waals surface area contributed by atoms with Crippen LogP contribution < -0.4 is 4.74 Å². The minimum atomic E-state index is -0.607. The second-order valence-corrected chi connectivity index (χ2v) is 5.97. The Labute approximate surface area is 153 Å². The van der Waals surface area contributed by atoms with E-state index in [0.717, 1.165) is 0 Å². The second kappa shape index (κ2) is 6.68. The molecule has 2 aromatic rings. The fourth-order valence-electron chi connectivity index (χ4n) is 2.87. The van der Waals surface area contributed by atoms with Crippen molar-refractivity contribution in [3.8, 4) is 11.5 Å². The maximum atomic E-state index is 12.2. The monoisotopic (exact) mass is 364 g/mol. The maximum Gasteiger partial charge on any atom is 0.339 e. The maximum absolute atomic E-state index is 12.2. The molecule has 0 N–H and O–H groups in total. The lowest BCUT2D eigenvalue weighted by Gasteiger charge is -2.10. The van der Waals surface area contributed by atoms with Gasteiger partial charge in [0.05, 0.1) is 24.3 Å². The Morgan fingerprint density at radius 2 is 1.19 bits per heavy atom. The summed E-state index contributed by atoms with van der Waals surface area (Å²) in [4.78, 5) is 48.0. The Bertz CT molecular complexity index is 910. The summed E-state index contributed by atoms with van der Waals surface area (Å²) < 4.78 is 15.6. The van der Waals surface area contributed by atoms with Crippen LogP contribution in [0.25, 0.3) is 0 Å². The first kappa shape index (κ1) is 17.0. The molecule has 0 atom stereocenters. The molecule has 4 rings (SSSR count). The Morgan fingerprint density at radius 3 is 1.63 bits per heavy atom. The molecule has 2 heterocycles. The van der Waals surface area contributed by atoms with Crippen molar-refractivity contribution in [1.82, 2.24) is 0 Å². The molecule has 0 saturated carbocycles. The molecule has 0 bridgehead atoms. The lowest BCUT2D eigenvalue weighted by molar-refractivity contribution is 0.0499. The first-order valence-electron chi connectivity index (χ1n) is 8.23. The molecule has 134 valence electrons. The summed E-state index contributed by atoms with van der Waals surface area (Å²) in [5.41, 5.74) is 0.481. The molecule has 0 amide bonds. The number of ketones is 2. The van der Waals surface area contributed by atoms with Gasteiger partial charge < -0.3 is 14.2 Å². The van der Waals surface area contributed by atoms with Crippen LogP contribution >= 0.6 is 0 Å². The quantitative estimate of drug-likeness (QED) is 0.756. The lowest BCUT2D eigenvalue weighted by Crippen LogP contribution is -2.07. The standard InChI is InChI=1S/C20H12O7/c21-17-5-7-25-19(23)13-3-1-11(9-15(13)17)27-12-2-4-14-16(10-12)18(22)6-8-26-20(14)24/h1-2,9-10H,5-8H2. The van der Waals surface area contributed by atoms with Gasteiger partial charge in [0, 0.05) is 36.1 Å². The SMILES string of the molecule is O=C1OCCC(=O)c2cc(Oc3c[c]c4c(c3)C(=O)CCOC4=O)c[c]c21. The molecule has 2 aromatic carbocycles. The first-order chi connectivity index (χ1) is 13.0. The third-order valence-electron chi connectivity index (χ3n) is 4.20. The summed E-state index contributed by atoms with van der Waals surface area (Å²) in [6, 6.07) is 11.1. The van der Waals surface area contributed by atoms with Crippen molar-refractivity contribution < 1.29 is 33.4 Å². The van der Waals surface area contributed by atoms with Crippen molar-refractivity contribution in [2.24, 2.45) is 0 Å². The van der Waals surface area contributed by atoms with Gasteiger partial charge >= 0.3 is 11.9 Å². The number of rotatable bonds is 2. The molecular formula is C20H12O7. The largest absolute Gasteiger partial charge is 0.462 e. The molecule has 27 heavy (non-hydrogen) atoms. The number of carbonyl (C=O) groups excluding carboxylic acids is 4. The summed E-state index contributed by atoms with van der Waals surface area (Å²) in [7, 11) is 0. The average molecular weight is 364 g/mol. The second-order valence-electron chi connectivity index (χ2n) is 5.97. The fourth-order valence-corrected chi connectivity index (χ4v) is 2.87. The molecule has 7 heteroatoms. The van der Waals surface area contributed by atoms with Crippen LogP contribution in [0.3, 0.4) is 0 Å². The van der Waals surface area contributed by atoms with Gasteiger partial charge in [0.1, 0.15) is 11.5 Å². The Morgan fingerprint density at radius 1 is 0.741 bits per heavy atom. The predicted octanol–water partition coefficient (Wildman–Crippen LogP) is 2.57. The molecule has 0 saturated heterocycles. The number of benzene rings is 2. The molecular weight excluding hydrogens is 352 g/mol. The van der Waals surface area contributed by atoms with Crippen LogP contribution in [0.1, 0.15) is 54.3 Å². The third kappa shape index (κ3) is 3.19. The first-order valence-corrected chi connectivity index (χ1v) is 8.23. The molecule has 2 radical (unpaired) electrons. The van der Waals surface area contributed by atoms with Gasteiger partial charge in [0.2, 0.25) is 0 Å². The van der Waals surface area contributed by atoms with Gasteiger partial charge in [-0.05, 0) is 24.3 Å². The van der Waals surface area contributed by atoms with Crippen molar-refractivity contribution in [3.63, 3.8) is 0 Å². The van der Waals surface area contributed by atoms with Crippen LogP contribution in [0.5, 0.6) is 11.5 Å². The highest BCUT2D eigenvalue weighted by molar-refractivity contribution is 6.08. The number of carbonyl (C=O) groups is 4. The highest BCUT2D eigenvalue weighted by atomic mass is 16.5. The van der Waals surface area contributed by atoms with E-state index in [1.54, 1.807) is 0 Å². The van der Waals surface area contributed by atoms with Crippen LogP contribution in [0, 0.1) is 12.1 Å². The van der Waals surface area contributed by atoms with E-state index in [-0.39, 0.29) is 71.4 Å². The number of ether oxygens (including phenoxy) is 3. The Balaban J connectivity index is 1.67. The highest BCUT2D eigenvalue weighted by Crippen LogP contribution is 2.29. The molecule has 0 unspecified atom stereocenters. The van der Waals surface area contributed by atoms with Crippen LogP contribution in [-0.2, 0) is 9.47 Å². The van der Waals surface area contributed by atoms with Gasteiger partial charge in [-0.1, -0.05) is 0 Å². The topological polar surface area (TPSA) is 96.0 Å². The fraction of sp³-hybridized carbons (Fsp3) is 0.200. The summed E-state index contributed by atoms with van der Waals surface area (Å²) >= 11 is 0. The van der Waals surface area contributed by atoms with Crippen molar-refractivity contribution >= 4 is 23.5 Å². The Hall–Kier alpha value is -3.48. The van der Waals surface area contributed by atoms with E-state index in [1.165, 1.54) is 24.3 Å². The summed E-state index contributed by atoms with van der Waals surface area (Å²) in [6.45, 7) is 0.0444. The van der Waals surface area contributed by atoms with Crippen LogP contribution in [0.15, 0.2) is 24.3 Å². The molecule has 2 aliphatic heterocycles. The zero-order valence-electron chi connectivity index (χ0n) is 14.0. The number of Topliss-reactive ketones (excluding diaryl/α,β-unsaturated/α-hetero) is 2. The molecule has 2 aliphatic rings. The summed E-state index contributed by atoms with van der Waals surface area (Å²) in [6.07, 6.45) is 0.165. The predicted molar refractivity (Wildman–Crippen MR) is 89.1 cm³/mol. The van der Waals surface area contributed by atoms with Crippen molar-refractivity contribution in [3.05, 3.63) is 58.7 Å². The number of hydrogen-bond donors (Lipinski definition) is 0. The van der Waals surface area contributed by atoms with Crippen molar-refractivity contribution in [2.75, 3.05) is 13.2 Å². The average Bonchev–Trinajstić information content (AvgIpc) is 2.89. The van der Waals surface area contributed by atoms with Crippen LogP contribution in [0.2, 0.25) is 0 Å². The van der Waals surface area contributed by atoms with Gasteiger partial charge in [-0.25, -0.2) is 9.59 Å². The van der Waals surface area contributed by atoms with Gasteiger partial charge in [0.25, 0.3) is 0 Å². The highest BCUT2D eigenvalue weighted by Gasteiger charge is 2.25. The third-order valence-corrected chi connectivity index (χ3v) is 4.20. The van der Waals surface area contributed by atoms with Gasteiger partial charge in [-0.3, -0.25) is 9.59 Å². The van der Waals surface area contributed by atoms with Crippen LogP contribution in [0.4, 0.5) is 0 Å². The lowest BCUT2D eigenvalue weighted by atomic mass is 10.0. The van der Waals surface area contributed by atoms with E-state index in [1.807, 2.05) is 0 Å². The molecule has 0 aliphatic carbocycles. The number of cyclic esters (lactones) is 2. The zero-order chi connectivity index (χ0) is 19.0. The normalized spacial score (nSPS) is 16.4. The van der Waals surface area contributed by atoms with E-state index in [0.29, 0.717) is 0 Å². The van der Waals surface area contributed by atoms with E-state index < -0.39 is 11.9 Å². The molecule has 0 aromatic heterocycles. The smallest absolute Gasteiger partial charge is 0.339 e. The number of hydrogen-bond acceptors (Lipinski definition) is 7. The minimum absolute atomic E-state index is 0.0222. The summed E-state index contributed by atoms with van der Waals surface area (Å²) in [5.74, 6) is -1.19. The van der Waals surface area contributed by atoms with Crippen molar-refractivity contribution in [1.29, 1.82) is 0 Å². The molecule has 0 spiro atoms. The van der Waals surface area contributed by atoms with E-state index in [9.17, 15) is 19.2 Å². The number of fused-ring (bicyclic) bond motifs is 2. The van der Waals surface area contributed by atoms with E-state index in [2.05, 4.69) is 12.1 Å². The Kier molecular flexibility index (Phi) is 4.19. The van der Waals surface area contributed by atoms with Gasteiger partial charge in [0.15, 0.2) is 11.6 Å². The van der Waals surface area contributed by atoms with Gasteiger partial charge in [-0.2, -0.15) is 0 Å². The van der Waals surface area contributed by atoms with E-state index >= 15 is 0 Å². The minimum Gasteiger partial charge on any atom is -0.462 e. The van der Waals surface area contributed by atoms with E-state index in [4.69, 9.17) is 14.2 Å². The van der Waals surface area contributed by atoms with Crippen molar-refractivity contribution in [2.45, 2.75) is 12.8 Å². The van der Waals surface area contributed by atoms with Crippen LogP contribution in [-0.4, -0.2) is 36.7 Å². The molecule has 0 fully saturated rings. The zero-order valence-corrected chi connectivity index (χ0v) is 14.0.